The molecule has 0 bridgehead atoms. The normalized spacial score (nSPS) is 15.2. The number of benzene rings is 3. The van der Waals surface area contributed by atoms with Gasteiger partial charge in [0.05, 0.1) is 43.3 Å². The summed E-state index contributed by atoms with van der Waals surface area (Å²) in [5.74, 6) is 1.41. The molecule has 0 radical (unpaired) electrons. The van der Waals surface area contributed by atoms with Crippen LogP contribution >= 0.6 is 11.6 Å². The molecule has 1 aliphatic heterocycles. The number of carbonyl (C=O) groups excluding carboxylic acids is 1. The van der Waals surface area contributed by atoms with Gasteiger partial charge in [0.2, 0.25) is 6.41 Å². The van der Waals surface area contributed by atoms with E-state index < -0.39 is 0 Å². The van der Waals surface area contributed by atoms with Crippen molar-refractivity contribution >= 4 is 40.3 Å². The predicted molar refractivity (Wildman–Crippen MR) is 142 cm³/mol. The van der Waals surface area contributed by atoms with Crippen molar-refractivity contribution in [2.24, 2.45) is 0 Å². The third kappa shape index (κ3) is 4.31. The second kappa shape index (κ2) is 10.0. The number of rotatable bonds is 7. The summed E-state index contributed by atoms with van der Waals surface area (Å²) >= 11 is 6.41. The summed E-state index contributed by atoms with van der Waals surface area (Å²) in [6, 6.07) is 17.8. The number of hydrogen-bond donors (Lipinski definition) is 0. The molecule has 4 aromatic rings. The molecule has 0 N–H and O–H groups in total. The van der Waals surface area contributed by atoms with Crippen LogP contribution < -0.4 is 14.4 Å². The number of carbonyl (C=O) groups is 1. The number of nitrogens with zero attached hydrogens (tertiary/aromatic N) is 4. The average Bonchev–Trinajstić information content (AvgIpc) is 3.40. The maximum Gasteiger partial charge on any atom is 0.210 e. The molecule has 2 heterocycles. The van der Waals surface area contributed by atoms with E-state index in [1.807, 2.05) is 59.3 Å². The summed E-state index contributed by atoms with van der Waals surface area (Å²) in [5, 5.41) is 10.3. The fourth-order valence-corrected chi connectivity index (χ4v) is 5.16. The Morgan fingerprint density at radius 1 is 1.06 bits per heavy atom. The summed E-state index contributed by atoms with van der Waals surface area (Å²) in [6.07, 6.45) is 4.60. The molecule has 184 valence electrons. The highest BCUT2D eigenvalue weighted by atomic mass is 35.5. The minimum atomic E-state index is 0.0385. The van der Waals surface area contributed by atoms with Crippen molar-refractivity contribution in [3.63, 3.8) is 0 Å². The highest BCUT2D eigenvalue weighted by Crippen LogP contribution is 2.41. The first-order valence-electron chi connectivity index (χ1n) is 11.8. The molecule has 0 aliphatic carbocycles. The van der Waals surface area contributed by atoms with Crippen LogP contribution in [0.5, 0.6) is 11.5 Å². The van der Waals surface area contributed by atoms with Crippen LogP contribution in [0.2, 0.25) is 5.02 Å². The van der Waals surface area contributed by atoms with E-state index in [4.69, 9.17) is 21.1 Å². The van der Waals surface area contributed by atoms with E-state index in [0.29, 0.717) is 10.8 Å². The molecule has 5 rings (SSSR count). The summed E-state index contributed by atoms with van der Waals surface area (Å²) < 4.78 is 11.0. The Labute approximate surface area is 215 Å². The second-order valence-corrected chi connectivity index (χ2v) is 9.23. The molecule has 8 heteroatoms. The number of fused-ring (bicyclic) bond motifs is 1. The van der Waals surface area contributed by atoms with Gasteiger partial charge in [0, 0.05) is 30.1 Å². The van der Waals surface area contributed by atoms with Gasteiger partial charge in [-0.05, 0) is 65.9 Å². The minimum absolute atomic E-state index is 0.0385. The number of amides is 1. The zero-order valence-corrected chi connectivity index (χ0v) is 21.2. The highest BCUT2D eigenvalue weighted by molar-refractivity contribution is 6.30. The maximum absolute atomic E-state index is 11.6. The number of halogens is 1. The SMILES string of the molecule is COc1ccc(N(C)c2cnnc3cc(-c4cc(Cl)ccc4C4CCCN4C=O)ccc23)c(OC)c1. The van der Waals surface area contributed by atoms with Crippen molar-refractivity contribution in [1.82, 2.24) is 15.1 Å². The third-order valence-corrected chi connectivity index (χ3v) is 7.08. The third-order valence-electron chi connectivity index (χ3n) is 6.84. The van der Waals surface area contributed by atoms with Gasteiger partial charge in [-0.15, -0.1) is 0 Å². The van der Waals surface area contributed by atoms with E-state index >= 15 is 0 Å². The van der Waals surface area contributed by atoms with Crippen LogP contribution in [0.3, 0.4) is 0 Å². The molecular formula is C28H27ClN4O3. The van der Waals surface area contributed by atoms with Gasteiger partial charge >= 0.3 is 0 Å². The summed E-state index contributed by atoms with van der Waals surface area (Å²) in [5.41, 5.74) is 5.60. The van der Waals surface area contributed by atoms with Gasteiger partial charge in [0.15, 0.2) is 0 Å². The molecule has 1 aromatic heterocycles. The Morgan fingerprint density at radius 2 is 1.92 bits per heavy atom. The van der Waals surface area contributed by atoms with Crippen molar-refractivity contribution in [2.45, 2.75) is 18.9 Å². The maximum atomic E-state index is 11.6. The smallest absolute Gasteiger partial charge is 0.210 e. The van der Waals surface area contributed by atoms with Crippen LogP contribution in [0, 0.1) is 0 Å². The van der Waals surface area contributed by atoms with E-state index in [1.165, 1.54) is 0 Å². The van der Waals surface area contributed by atoms with Crippen LogP contribution in [0.15, 0.2) is 60.8 Å². The molecular weight excluding hydrogens is 476 g/mol. The van der Waals surface area contributed by atoms with Crippen molar-refractivity contribution < 1.29 is 14.3 Å². The van der Waals surface area contributed by atoms with Crippen LogP contribution in [0.25, 0.3) is 22.0 Å². The van der Waals surface area contributed by atoms with Gasteiger partial charge in [-0.1, -0.05) is 23.7 Å². The van der Waals surface area contributed by atoms with Crippen molar-refractivity contribution in [3.8, 4) is 22.6 Å². The average molecular weight is 503 g/mol. The van der Waals surface area contributed by atoms with Crippen molar-refractivity contribution in [2.75, 3.05) is 32.7 Å². The van der Waals surface area contributed by atoms with E-state index in [9.17, 15) is 4.79 Å². The van der Waals surface area contributed by atoms with E-state index in [0.717, 1.165) is 70.5 Å². The molecule has 1 aliphatic rings. The van der Waals surface area contributed by atoms with Crippen LogP contribution in [0.1, 0.15) is 24.4 Å². The van der Waals surface area contributed by atoms with Crippen LogP contribution in [-0.2, 0) is 4.79 Å². The number of ether oxygens (including phenoxy) is 2. The minimum Gasteiger partial charge on any atom is -0.497 e. The number of methoxy groups -OCH3 is 2. The molecule has 0 saturated carbocycles. The largest absolute Gasteiger partial charge is 0.497 e. The number of anilines is 2. The van der Waals surface area contributed by atoms with E-state index in [-0.39, 0.29) is 6.04 Å². The quantitative estimate of drug-likeness (QED) is 0.287. The van der Waals surface area contributed by atoms with Crippen LogP contribution in [-0.4, -0.2) is 49.3 Å². The number of aromatic nitrogens is 2. The fourth-order valence-electron chi connectivity index (χ4n) is 4.99. The number of hydrogen-bond acceptors (Lipinski definition) is 6. The Bertz CT molecular complexity index is 1430. The summed E-state index contributed by atoms with van der Waals surface area (Å²) in [4.78, 5) is 15.5. The first-order chi connectivity index (χ1) is 17.5. The monoisotopic (exact) mass is 502 g/mol. The van der Waals surface area contributed by atoms with Crippen molar-refractivity contribution in [3.05, 3.63) is 71.4 Å². The molecule has 3 aromatic carbocycles. The number of likely N-dealkylation sites (tertiary alicyclic amines) is 1. The van der Waals surface area contributed by atoms with E-state index in [1.54, 1.807) is 20.4 Å². The fraction of sp³-hybridized carbons (Fsp3) is 0.250. The second-order valence-electron chi connectivity index (χ2n) is 8.79. The zero-order chi connectivity index (χ0) is 25.2. The molecule has 36 heavy (non-hydrogen) atoms. The van der Waals surface area contributed by atoms with E-state index in [2.05, 4.69) is 22.3 Å². The van der Waals surface area contributed by atoms with Gasteiger partial charge in [-0.2, -0.15) is 10.2 Å². The van der Waals surface area contributed by atoms with Crippen molar-refractivity contribution in [1.29, 1.82) is 0 Å². The molecule has 1 amide bonds. The van der Waals surface area contributed by atoms with Gasteiger partial charge < -0.3 is 19.3 Å². The molecule has 1 unspecified atom stereocenters. The first kappa shape index (κ1) is 23.9. The first-order valence-corrected chi connectivity index (χ1v) is 12.1. The molecule has 1 saturated heterocycles. The summed E-state index contributed by atoms with van der Waals surface area (Å²) in [6.45, 7) is 0.768. The van der Waals surface area contributed by atoms with Gasteiger partial charge in [-0.3, -0.25) is 4.79 Å². The Kier molecular flexibility index (Phi) is 6.65. The zero-order valence-electron chi connectivity index (χ0n) is 20.4. The van der Waals surface area contributed by atoms with Gasteiger partial charge in [0.25, 0.3) is 0 Å². The lowest BCUT2D eigenvalue weighted by molar-refractivity contribution is -0.118. The van der Waals surface area contributed by atoms with Crippen LogP contribution in [0.4, 0.5) is 11.4 Å². The predicted octanol–water partition coefficient (Wildman–Crippen LogP) is 6.03. The Balaban J connectivity index is 1.58. The summed E-state index contributed by atoms with van der Waals surface area (Å²) in [7, 11) is 5.24. The Hall–Kier alpha value is -3.84. The Morgan fingerprint density at radius 3 is 2.69 bits per heavy atom. The van der Waals surface area contributed by atoms with Gasteiger partial charge in [0.1, 0.15) is 11.5 Å². The molecule has 1 atom stereocenters. The molecule has 7 nitrogen and oxygen atoms in total. The lowest BCUT2D eigenvalue weighted by Gasteiger charge is -2.24. The lowest BCUT2D eigenvalue weighted by atomic mass is 9.93. The molecule has 1 fully saturated rings. The molecule has 0 spiro atoms. The standard InChI is InChI=1S/C28H27ClN4O3/c1-32(26-11-8-20(35-2)15-28(26)36-3)27-16-30-31-24-13-18(6-9-22(24)27)23-14-19(29)7-10-21(23)25-5-4-12-33(25)17-34/h6-11,13-17,25H,4-5,12H2,1-3H3. The highest BCUT2D eigenvalue weighted by Gasteiger charge is 2.27. The topological polar surface area (TPSA) is 67.8 Å². The lowest BCUT2D eigenvalue weighted by Crippen LogP contribution is -2.21. The van der Waals surface area contributed by atoms with Gasteiger partial charge in [-0.25, -0.2) is 0 Å².